The Morgan fingerprint density at radius 1 is 1.25 bits per heavy atom. The van der Waals surface area contributed by atoms with Crippen LogP contribution in [-0.2, 0) is 17.9 Å². The molecule has 4 heterocycles. The number of carbonyl (C=O) groups is 1. The zero-order valence-electron chi connectivity index (χ0n) is 17.9. The van der Waals surface area contributed by atoms with Gasteiger partial charge in [0.15, 0.2) is 0 Å². The molecule has 2 saturated heterocycles. The number of piperidine rings is 1. The quantitative estimate of drug-likeness (QED) is 0.731. The molecule has 32 heavy (non-hydrogen) atoms. The summed E-state index contributed by atoms with van der Waals surface area (Å²) in [6.45, 7) is 2.44. The lowest BCUT2D eigenvalue weighted by atomic mass is 9.80. The van der Waals surface area contributed by atoms with Crippen LogP contribution in [0.4, 0.5) is 13.2 Å². The predicted octanol–water partition coefficient (Wildman–Crippen LogP) is 1.79. The molecule has 1 aromatic heterocycles. The Hall–Kier alpha value is -2.17. The van der Waals surface area contributed by atoms with Crippen LogP contribution in [0.1, 0.15) is 30.5 Å². The number of aromatic amines is 1. The topological polar surface area (TPSA) is 81.5 Å². The molecule has 3 N–H and O–H groups in total. The fraction of sp³-hybridized carbons (Fsp3) is 0.636. The smallest absolute Gasteiger partial charge is 0.236 e. The summed E-state index contributed by atoms with van der Waals surface area (Å²) in [4.78, 5) is 18.7. The zero-order valence-corrected chi connectivity index (χ0v) is 17.9. The molecule has 0 aromatic carbocycles. The van der Waals surface area contributed by atoms with Crippen LogP contribution in [0.2, 0.25) is 0 Å². The number of halogens is 3. The Labute approximate surface area is 185 Å². The van der Waals surface area contributed by atoms with E-state index in [1.54, 1.807) is 0 Å². The molecule has 10 heteroatoms. The lowest BCUT2D eigenvalue weighted by Gasteiger charge is -2.48. The number of hydrogen-bond acceptors (Lipinski definition) is 5. The van der Waals surface area contributed by atoms with Crippen LogP contribution >= 0.6 is 0 Å². The lowest BCUT2D eigenvalue weighted by Crippen LogP contribution is -2.63. The van der Waals surface area contributed by atoms with E-state index in [9.17, 15) is 18.0 Å². The zero-order chi connectivity index (χ0) is 22.4. The minimum absolute atomic E-state index is 0.0236. The van der Waals surface area contributed by atoms with Crippen molar-refractivity contribution in [3.8, 4) is 0 Å². The van der Waals surface area contributed by atoms with Crippen molar-refractivity contribution in [1.82, 2.24) is 24.9 Å². The first-order valence-electron chi connectivity index (χ1n) is 11.3. The van der Waals surface area contributed by atoms with E-state index >= 15 is 0 Å². The molecule has 1 aromatic rings. The van der Waals surface area contributed by atoms with Crippen molar-refractivity contribution in [2.45, 2.75) is 56.6 Å². The number of H-pyrrole nitrogens is 1. The molecule has 1 amide bonds. The van der Waals surface area contributed by atoms with Crippen molar-refractivity contribution >= 4 is 5.91 Å². The fourth-order valence-corrected chi connectivity index (χ4v) is 5.69. The SMILES string of the molecule is NC1CC(N2Cc3c[nH]nc3C2)CN(CC(=O)N2CC[C@@H](F)C2)[C@@H]1C1CC(F)=CC=C1F. The lowest BCUT2D eigenvalue weighted by molar-refractivity contribution is -0.133. The van der Waals surface area contributed by atoms with Gasteiger partial charge in [-0.25, -0.2) is 13.2 Å². The van der Waals surface area contributed by atoms with Crippen molar-refractivity contribution in [3.05, 3.63) is 41.3 Å². The first-order chi connectivity index (χ1) is 15.4. The van der Waals surface area contributed by atoms with E-state index in [1.165, 1.54) is 4.90 Å². The van der Waals surface area contributed by atoms with Gasteiger partial charge in [0, 0.05) is 68.4 Å². The van der Waals surface area contributed by atoms with Crippen LogP contribution < -0.4 is 5.73 Å². The third-order valence-electron chi connectivity index (χ3n) is 7.33. The van der Waals surface area contributed by atoms with Crippen LogP contribution in [-0.4, -0.2) is 81.3 Å². The highest BCUT2D eigenvalue weighted by molar-refractivity contribution is 5.78. The molecule has 0 radical (unpaired) electrons. The Morgan fingerprint density at radius 3 is 2.84 bits per heavy atom. The van der Waals surface area contributed by atoms with Gasteiger partial charge in [0.2, 0.25) is 5.91 Å². The van der Waals surface area contributed by atoms with E-state index in [0.29, 0.717) is 32.5 Å². The van der Waals surface area contributed by atoms with Gasteiger partial charge in [-0.05, 0) is 25.0 Å². The molecule has 7 nitrogen and oxygen atoms in total. The van der Waals surface area contributed by atoms with Gasteiger partial charge in [0.25, 0.3) is 0 Å². The van der Waals surface area contributed by atoms with Gasteiger partial charge < -0.3 is 10.6 Å². The second-order valence-corrected chi connectivity index (χ2v) is 9.44. The van der Waals surface area contributed by atoms with Gasteiger partial charge in [0.05, 0.1) is 18.8 Å². The molecule has 3 unspecified atom stereocenters. The van der Waals surface area contributed by atoms with Gasteiger partial charge in [-0.15, -0.1) is 0 Å². The number of carbonyl (C=O) groups excluding carboxylic acids is 1. The number of hydrogen-bond donors (Lipinski definition) is 2. The first-order valence-corrected chi connectivity index (χ1v) is 11.3. The third kappa shape index (κ3) is 4.11. The van der Waals surface area contributed by atoms with Crippen molar-refractivity contribution < 1.29 is 18.0 Å². The molecule has 1 aliphatic carbocycles. The summed E-state index contributed by atoms with van der Waals surface area (Å²) in [6.07, 6.45) is 4.09. The minimum atomic E-state index is -1.00. The highest BCUT2D eigenvalue weighted by Crippen LogP contribution is 2.37. The maximum atomic E-state index is 14.8. The number of nitrogens with zero attached hydrogens (tertiary/aromatic N) is 4. The summed E-state index contributed by atoms with van der Waals surface area (Å²) in [5.74, 6) is -1.71. The average molecular weight is 451 g/mol. The molecule has 0 saturated carbocycles. The maximum absolute atomic E-state index is 14.8. The van der Waals surface area contributed by atoms with Crippen LogP contribution in [0, 0.1) is 5.92 Å². The van der Waals surface area contributed by atoms with Gasteiger partial charge >= 0.3 is 0 Å². The van der Waals surface area contributed by atoms with Crippen molar-refractivity contribution in [2.24, 2.45) is 11.7 Å². The van der Waals surface area contributed by atoms with Crippen LogP contribution in [0.25, 0.3) is 0 Å². The van der Waals surface area contributed by atoms with E-state index < -0.39 is 30.0 Å². The molecule has 5 atom stereocenters. The molecule has 2 fully saturated rings. The minimum Gasteiger partial charge on any atom is -0.339 e. The van der Waals surface area contributed by atoms with Gasteiger partial charge in [-0.2, -0.15) is 5.10 Å². The van der Waals surface area contributed by atoms with Crippen LogP contribution in [0.5, 0.6) is 0 Å². The Balaban J connectivity index is 1.36. The summed E-state index contributed by atoms with van der Waals surface area (Å²) in [5, 5.41) is 7.16. The molecule has 174 valence electrons. The number of nitrogens with one attached hydrogen (secondary N) is 1. The number of alkyl halides is 1. The average Bonchev–Trinajstić information content (AvgIpc) is 3.46. The summed E-state index contributed by atoms with van der Waals surface area (Å²) >= 11 is 0. The predicted molar refractivity (Wildman–Crippen MR) is 112 cm³/mol. The van der Waals surface area contributed by atoms with Gasteiger partial charge in [-0.3, -0.25) is 19.7 Å². The van der Waals surface area contributed by atoms with Crippen molar-refractivity contribution in [1.29, 1.82) is 0 Å². The van der Waals surface area contributed by atoms with Crippen LogP contribution in [0.3, 0.4) is 0 Å². The standard InChI is InChI=1S/C22H29F3N6O/c23-14-1-2-18(25)17(5-14)22-19(26)6-16(30-8-13-7-27-28-20(13)11-30)10-31(22)12-21(32)29-4-3-15(24)9-29/h1-2,7,15-17,19,22H,3-6,8-12,26H2,(H,27,28)/t15-,16?,17?,19?,22-/m1/s1. The van der Waals surface area contributed by atoms with Crippen molar-refractivity contribution in [2.75, 3.05) is 26.2 Å². The number of amides is 1. The highest BCUT2D eigenvalue weighted by atomic mass is 19.1. The number of fused-ring (bicyclic) bond motifs is 1. The summed E-state index contributed by atoms with van der Waals surface area (Å²) in [5.41, 5.74) is 8.73. The number of aromatic nitrogens is 2. The van der Waals surface area contributed by atoms with E-state index in [1.807, 2.05) is 11.1 Å². The fourth-order valence-electron chi connectivity index (χ4n) is 5.69. The summed E-state index contributed by atoms with van der Waals surface area (Å²) in [6, 6.07) is -0.875. The molecular weight excluding hydrogens is 421 g/mol. The van der Waals surface area contributed by atoms with E-state index in [0.717, 1.165) is 30.0 Å². The van der Waals surface area contributed by atoms with Crippen molar-refractivity contribution in [3.63, 3.8) is 0 Å². The molecule has 0 spiro atoms. The van der Waals surface area contributed by atoms with E-state index in [-0.39, 0.29) is 37.3 Å². The van der Waals surface area contributed by atoms with E-state index in [2.05, 4.69) is 15.1 Å². The van der Waals surface area contributed by atoms with Gasteiger partial charge in [0.1, 0.15) is 17.8 Å². The third-order valence-corrected chi connectivity index (χ3v) is 7.33. The molecular formula is C22H29F3N6O. The second kappa shape index (κ2) is 8.64. The monoisotopic (exact) mass is 450 g/mol. The molecule has 5 rings (SSSR count). The molecule has 0 bridgehead atoms. The number of allylic oxidation sites excluding steroid dienone is 3. The number of rotatable bonds is 4. The summed E-state index contributed by atoms with van der Waals surface area (Å²) < 4.78 is 42.5. The largest absolute Gasteiger partial charge is 0.339 e. The molecule has 4 aliphatic rings. The second-order valence-electron chi connectivity index (χ2n) is 9.44. The van der Waals surface area contributed by atoms with Gasteiger partial charge in [-0.1, -0.05) is 0 Å². The Kier molecular flexibility index (Phi) is 5.85. The number of likely N-dealkylation sites (tertiary alicyclic amines) is 2. The Morgan fingerprint density at radius 2 is 2.09 bits per heavy atom. The Bertz CT molecular complexity index is 912. The van der Waals surface area contributed by atoms with Crippen LogP contribution in [0.15, 0.2) is 30.0 Å². The summed E-state index contributed by atoms with van der Waals surface area (Å²) in [7, 11) is 0. The molecule has 3 aliphatic heterocycles. The normalized spacial score (nSPS) is 33.9. The number of nitrogens with two attached hydrogens (primary N) is 1. The van der Waals surface area contributed by atoms with E-state index in [4.69, 9.17) is 5.73 Å². The first kappa shape index (κ1) is 21.7. The highest BCUT2D eigenvalue weighted by Gasteiger charge is 2.45. The maximum Gasteiger partial charge on any atom is 0.236 e.